The lowest BCUT2D eigenvalue weighted by Gasteiger charge is -2.30. The molecule has 0 amide bonds. The smallest absolute Gasteiger partial charge is 0.382 e. The fourth-order valence-corrected chi connectivity index (χ4v) is 2.71. The number of hydrogen-bond donors (Lipinski definition) is 1. The van der Waals surface area contributed by atoms with Crippen LogP contribution in [0.5, 0.6) is 0 Å². The maximum absolute atomic E-state index is 12.5. The van der Waals surface area contributed by atoms with Crippen LogP contribution in [0.25, 0.3) is 0 Å². The molecule has 1 nitrogen and oxygen atoms in total. The Balaban J connectivity index is 1.85. The number of benzene rings is 1. The molecule has 0 spiro atoms. The largest absolute Gasteiger partial charge is 0.391 e. The van der Waals surface area contributed by atoms with Gasteiger partial charge in [0.15, 0.2) is 0 Å². The molecule has 5 heteroatoms. The van der Waals surface area contributed by atoms with Crippen molar-refractivity contribution in [1.82, 2.24) is 0 Å². The second-order valence-corrected chi connectivity index (χ2v) is 5.99. The summed E-state index contributed by atoms with van der Waals surface area (Å²) >= 11 is 2.23. The third kappa shape index (κ3) is 3.76. The highest BCUT2D eigenvalue weighted by molar-refractivity contribution is 14.1. The number of rotatable bonds is 2. The van der Waals surface area contributed by atoms with Crippen molar-refractivity contribution in [2.45, 2.75) is 37.9 Å². The van der Waals surface area contributed by atoms with E-state index in [-0.39, 0.29) is 18.9 Å². The van der Waals surface area contributed by atoms with Gasteiger partial charge in [0.25, 0.3) is 0 Å². The highest BCUT2D eigenvalue weighted by Gasteiger charge is 2.41. The van der Waals surface area contributed by atoms with Crippen LogP contribution < -0.4 is 5.32 Å². The number of alkyl halides is 3. The molecule has 100 valence electrons. The Morgan fingerprint density at radius 1 is 1.00 bits per heavy atom. The summed E-state index contributed by atoms with van der Waals surface area (Å²) in [6, 6.07) is 8.09. The van der Waals surface area contributed by atoms with Crippen LogP contribution in [0.4, 0.5) is 18.9 Å². The van der Waals surface area contributed by atoms with Gasteiger partial charge in [0.05, 0.1) is 5.92 Å². The predicted octanol–water partition coefficient (Wildman–Crippen LogP) is 4.82. The second-order valence-electron chi connectivity index (χ2n) is 4.74. The zero-order chi connectivity index (χ0) is 13.2. The van der Waals surface area contributed by atoms with E-state index in [1.807, 2.05) is 24.3 Å². The Hall–Kier alpha value is -0.460. The summed E-state index contributed by atoms with van der Waals surface area (Å²) in [5, 5.41) is 3.31. The van der Waals surface area contributed by atoms with E-state index in [0.717, 1.165) is 9.26 Å². The van der Waals surface area contributed by atoms with Gasteiger partial charge in [0, 0.05) is 15.3 Å². The highest BCUT2D eigenvalue weighted by Crippen LogP contribution is 2.38. The quantitative estimate of drug-likeness (QED) is 0.737. The molecule has 1 aromatic rings. The summed E-state index contributed by atoms with van der Waals surface area (Å²) in [6.45, 7) is 0. The molecule has 18 heavy (non-hydrogen) atoms. The topological polar surface area (TPSA) is 12.0 Å². The Morgan fingerprint density at radius 3 is 2.06 bits per heavy atom. The third-order valence-corrected chi connectivity index (χ3v) is 4.12. The Kier molecular flexibility index (Phi) is 4.40. The standard InChI is InChI=1S/C13H15F3IN/c14-13(15,16)9-1-5-11(6-2-9)18-12-7-3-10(17)4-8-12/h3-4,7-9,11,18H,1-2,5-6H2. The fourth-order valence-electron chi connectivity index (χ4n) is 2.35. The molecular weight excluding hydrogens is 354 g/mol. The van der Waals surface area contributed by atoms with Gasteiger partial charge >= 0.3 is 6.18 Å². The number of halogens is 4. The fraction of sp³-hybridized carbons (Fsp3) is 0.538. The zero-order valence-electron chi connectivity index (χ0n) is 9.80. The predicted molar refractivity (Wildman–Crippen MR) is 74.6 cm³/mol. The number of nitrogens with one attached hydrogen (secondary N) is 1. The lowest BCUT2D eigenvalue weighted by atomic mass is 9.85. The van der Waals surface area contributed by atoms with Crippen molar-refractivity contribution >= 4 is 28.3 Å². The maximum Gasteiger partial charge on any atom is 0.391 e. The van der Waals surface area contributed by atoms with Crippen molar-refractivity contribution in [3.63, 3.8) is 0 Å². The minimum atomic E-state index is -4.02. The summed E-state index contributed by atoms with van der Waals surface area (Å²) in [5.41, 5.74) is 0.992. The third-order valence-electron chi connectivity index (χ3n) is 3.41. The van der Waals surface area contributed by atoms with Crippen LogP contribution in [-0.4, -0.2) is 12.2 Å². The first kappa shape index (κ1) is 14.0. The molecule has 1 N–H and O–H groups in total. The SMILES string of the molecule is FC(F)(F)C1CCC(Nc2ccc(I)cc2)CC1. The van der Waals surface area contributed by atoms with Crippen LogP contribution in [-0.2, 0) is 0 Å². The minimum absolute atomic E-state index is 0.170. The molecule has 0 bridgehead atoms. The van der Waals surface area contributed by atoms with E-state index in [0.29, 0.717) is 12.8 Å². The first-order valence-electron chi connectivity index (χ1n) is 6.04. The number of hydrogen-bond acceptors (Lipinski definition) is 1. The molecular formula is C13H15F3IN. The van der Waals surface area contributed by atoms with Gasteiger partial charge in [-0.05, 0) is 72.5 Å². The van der Waals surface area contributed by atoms with E-state index in [9.17, 15) is 13.2 Å². The normalized spacial score (nSPS) is 24.9. The molecule has 0 aromatic heterocycles. The molecule has 0 unspecified atom stereocenters. The van der Waals surface area contributed by atoms with Crippen molar-refractivity contribution in [3.8, 4) is 0 Å². The zero-order valence-corrected chi connectivity index (χ0v) is 12.0. The van der Waals surface area contributed by atoms with Crippen LogP contribution in [0.15, 0.2) is 24.3 Å². The molecule has 0 radical (unpaired) electrons. The van der Waals surface area contributed by atoms with Gasteiger partial charge in [0.1, 0.15) is 0 Å². The summed E-state index contributed by atoms with van der Waals surface area (Å²) < 4.78 is 38.7. The van der Waals surface area contributed by atoms with Crippen molar-refractivity contribution in [3.05, 3.63) is 27.8 Å². The minimum Gasteiger partial charge on any atom is -0.382 e. The average molecular weight is 369 g/mol. The maximum atomic E-state index is 12.5. The van der Waals surface area contributed by atoms with Crippen molar-refractivity contribution in [1.29, 1.82) is 0 Å². The van der Waals surface area contributed by atoms with Gasteiger partial charge in [-0.3, -0.25) is 0 Å². The summed E-state index contributed by atoms with van der Waals surface area (Å²) in [4.78, 5) is 0. The van der Waals surface area contributed by atoms with Gasteiger partial charge in [-0.1, -0.05) is 0 Å². The van der Waals surface area contributed by atoms with Crippen molar-refractivity contribution in [2.75, 3.05) is 5.32 Å². The Morgan fingerprint density at radius 2 is 1.56 bits per heavy atom. The molecule has 2 rings (SSSR count). The molecule has 1 saturated carbocycles. The van der Waals surface area contributed by atoms with E-state index in [1.54, 1.807) is 0 Å². The lowest BCUT2D eigenvalue weighted by molar-refractivity contribution is -0.182. The molecule has 0 atom stereocenters. The van der Waals surface area contributed by atoms with E-state index >= 15 is 0 Å². The highest BCUT2D eigenvalue weighted by atomic mass is 127. The van der Waals surface area contributed by atoms with Gasteiger partial charge in [-0.25, -0.2) is 0 Å². The van der Waals surface area contributed by atoms with E-state index < -0.39 is 12.1 Å². The summed E-state index contributed by atoms with van der Waals surface area (Å²) in [5.74, 6) is -1.10. The molecule has 0 heterocycles. The molecule has 1 fully saturated rings. The summed E-state index contributed by atoms with van der Waals surface area (Å²) in [7, 11) is 0. The summed E-state index contributed by atoms with van der Waals surface area (Å²) in [6.07, 6.45) is -2.35. The van der Waals surface area contributed by atoms with Crippen LogP contribution in [0, 0.1) is 9.49 Å². The monoisotopic (exact) mass is 369 g/mol. The molecule has 1 aliphatic rings. The average Bonchev–Trinajstić information content (AvgIpc) is 2.32. The Bertz CT molecular complexity index is 380. The first-order chi connectivity index (χ1) is 8.45. The van der Waals surface area contributed by atoms with E-state index in [4.69, 9.17) is 0 Å². The van der Waals surface area contributed by atoms with Gasteiger partial charge < -0.3 is 5.32 Å². The van der Waals surface area contributed by atoms with Crippen LogP contribution in [0.1, 0.15) is 25.7 Å². The van der Waals surface area contributed by atoms with Crippen LogP contribution >= 0.6 is 22.6 Å². The molecule has 0 saturated heterocycles. The van der Waals surface area contributed by atoms with Gasteiger partial charge in [-0.15, -0.1) is 0 Å². The number of anilines is 1. The second kappa shape index (κ2) is 5.67. The van der Waals surface area contributed by atoms with Crippen molar-refractivity contribution in [2.24, 2.45) is 5.92 Å². The van der Waals surface area contributed by atoms with E-state index in [1.165, 1.54) is 0 Å². The Labute approximate surface area is 118 Å². The molecule has 1 aromatic carbocycles. The molecule has 0 aliphatic heterocycles. The van der Waals surface area contributed by atoms with E-state index in [2.05, 4.69) is 27.9 Å². The van der Waals surface area contributed by atoms with Crippen LogP contribution in [0.3, 0.4) is 0 Å². The first-order valence-corrected chi connectivity index (χ1v) is 7.12. The van der Waals surface area contributed by atoms with Gasteiger partial charge in [-0.2, -0.15) is 13.2 Å². The lowest BCUT2D eigenvalue weighted by Crippen LogP contribution is -2.32. The van der Waals surface area contributed by atoms with Gasteiger partial charge in [0.2, 0.25) is 0 Å². The van der Waals surface area contributed by atoms with Crippen LogP contribution in [0.2, 0.25) is 0 Å². The van der Waals surface area contributed by atoms with Crippen molar-refractivity contribution < 1.29 is 13.2 Å². The molecule has 1 aliphatic carbocycles.